The van der Waals surface area contributed by atoms with E-state index in [1.54, 1.807) is 12.1 Å². The molecular weight excluding hydrogens is 381 g/mol. The van der Waals surface area contributed by atoms with Gasteiger partial charge in [-0.1, -0.05) is 31.5 Å². The third-order valence-electron chi connectivity index (χ3n) is 4.61. The van der Waals surface area contributed by atoms with Crippen LogP contribution in [0.5, 0.6) is 0 Å². The monoisotopic (exact) mass is 409 g/mol. The molecule has 3 rings (SSSR count). The minimum absolute atomic E-state index is 0.0369. The summed E-state index contributed by atoms with van der Waals surface area (Å²) in [7, 11) is -0.0570. The Bertz CT molecular complexity index is 893. The smallest absolute Gasteiger partial charge is 0.288 e. The molecule has 0 radical (unpaired) electrons. The molecule has 28 heavy (non-hydrogen) atoms. The van der Waals surface area contributed by atoms with Crippen LogP contribution in [-0.4, -0.2) is 25.2 Å². The summed E-state index contributed by atoms with van der Waals surface area (Å²) in [4.78, 5) is 12.0. The number of aliphatic hydroxyl groups excluding tert-OH is 1. The van der Waals surface area contributed by atoms with Gasteiger partial charge in [0.15, 0.2) is 0 Å². The Balaban J connectivity index is 0.00000136. The van der Waals surface area contributed by atoms with Crippen molar-refractivity contribution in [3.63, 3.8) is 0 Å². The molecule has 2 aromatic rings. The number of nitrogens with one attached hydrogen (secondary N) is 2. The summed E-state index contributed by atoms with van der Waals surface area (Å²) in [5.41, 5.74) is 1.11. The molecule has 1 fully saturated rings. The number of halogens is 1. The van der Waals surface area contributed by atoms with Crippen LogP contribution in [0.4, 0.5) is 21.5 Å². The molecule has 0 aliphatic heterocycles. The predicted molar refractivity (Wildman–Crippen MR) is 113 cm³/mol. The summed E-state index contributed by atoms with van der Waals surface area (Å²) >= 11 is 0. The quantitative estimate of drug-likeness (QED) is 0.653. The van der Waals surface area contributed by atoms with Gasteiger partial charge in [-0.2, -0.15) is 4.39 Å². The van der Waals surface area contributed by atoms with E-state index in [2.05, 4.69) is 10.0 Å². The van der Waals surface area contributed by atoms with E-state index < -0.39 is 27.1 Å². The predicted octanol–water partition coefficient (Wildman–Crippen LogP) is 3.59. The molecule has 1 unspecified atom stereocenters. The number of rotatable bonds is 7. The summed E-state index contributed by atoms with van der Waals surface area (Å²) in [5.74, 6) is -0.943. The van der Waals surface area contributed by atoms with Crippen LogP contribution < -0.4 is 15.6 Å². The van der Waals surface area contributed by atoms with Crippen molar-refractivity contribution in [3.05, 3.63) is 52.2 Å². The highest BCUT2D eigenvalue weighted by atomic mass is 32.2. The first kappa shape index (κ1) is 22.1. The van der Waals surface area contributed by atoms with Crippen molar-refractivity contribution >= 4 is 28.0 Å². The molecule has 1 aliphatic carbocycles. The van der Waals surface area contributed by atoms with Crippen molar-refractivity contribution in [3.8, 4) is 0 Å². The van der Waals surface area contributed by atoms with Gasteiger partial charge in [0.2, 0.25) is 5.82 Å². The Hall–Kier alpha value is -2.19. The topological polar surface area (TPSA) is 83.4 Å². The lowest BCUT2D eigenvalue weighted by molar-refractivity contribution is 0.284. The number of nitrogens with zero attached hydrogens (tertiary/aromatic N) is 1. The average Bonchev–Trinajstić information content (AvgIpc) is 3.47. The number of hydrogen-bond donors (Lipinski definition) is 3. The van der Waals surface area contributed by atoms with Gasteiger partial charge in [0.05, 0.1) is 10.4 Å². The van der Waals surface area contributed by atoms with Gasteiger partial charge >= 0.3 is 0 Å². The molecule has 1 aromatic carbocycles. The van der Waals surface area contributed by atoms with Gasteiger partial charge in [-0.05, 0) is 38.3 Å². The number of benzene rings is 1. The zero-order valence-electron chi connectivity index (χ0n) is 16.7. The van der Waals surface area contributed by atoms with Gasteiger partial charge in [-0.25, -0.2) is 4.21 Å². The first-order valence-electron chi connectivity index (χ1n) is 9.38. The van der Waals surface area contributed by atoms with Gasteiger partial charge in [0, 0.05) is 25.5 Å². The molecule has 8 heteroatoms. The highest BCUT2D eigenvalue weighted by molar-refractivity contribution is 7.88. The Labute approximate surface area is 167 Å². The normalized spacial score (nSPS) is 15.2. The molecule has 154 valence electrons. The third kappa shape index (κ3) is 4.80. The summed E-state index contributed by atoms with van der Waals surface area (Å²) in [5, 5.41) is 12.1. The summed E-state index contributed by atoms with van der Waals surface area (Å²) in [6.45, 7) is 5.89. The van der Waals surface area contributed by atoms with E-state index in [0.29, 0.717) is 12.1 Å². The zero-order chi connectivity index (χ0) is 20.9. The van der Waals surface area contributed by atoms with Crippen LogP contribution in [0.1, 0.15) is 38.7 Å². The minimum Gasteiger partial charge on any atom is -0.396 e. The van der Waals surface area contributed by atoms with E-state index in [-0.39, 0.29) is 18.0 Å². The summed E-state index contributed by atoms with van der Waals surface area (Å²) in [6, 6.07) is 7.29. The van der Waals surface area contributed by atoms with Crippen LogP contribution in [0.3, 0.4) is 0 Å². The molecule has 0 amide bonds. The molecule has 0 spiro atoms. The van der Waals surface area contributed by atoms with E-state index in [1.165, 1.54) is 13.2 Å². The second-order valence-corrected chi connectivity index (χ2v) is 8.27. The van der Waals surface area contributed by atoms with E-state index in [9.17, 15) is 18.5 Å². The summed E-state index contributed by atoms with van der Waals surface area (Å²) < 4.78 is 30.8. The van der Waals surface area contributed by atoms with Gasteiger partial charge in [-0.15, -0.1) is 0 Å². The molecule has 3 N–H and O–H groups in total. The van der Waals surface area contributed by atoms with Crippen molar-refractivity contribution in [2.75, 3.05) is 16.6 Å². The van der Waals surface area contributed by atoms with Crippen LogP contribution in [0, 0.1) is 12.7 Å². The standard InChI is InChI=1S/C18H22FN3O3S.C2H6/c1-12-3-5-13(6-4-12)20-16-14(11-22(2)17(24)15(16)19)21-26(25)18(7-8-18)9-10-23;1-2/h3-6,11,20-21,23H,7-10H2,1-2H3;1-2H3. The molecule has 1 aliphatic rings. The van der Waals surface area contributed by atoms with Crippen LogP contribution in [0.2, 0.25) is 0 Å². The molecule has 0 saturated heterocycles. The lowest BCUT2D eigenvalue weighted by Crippen LogP contribution is -2.27. The Morgan fingerprint density at radius 1 is 1.25 bits per heavy atom. The van der Waals surface area contributed by atoms with E-state index in [4.69, 9.17) is 0 Å². The van der Waals surface area contributed by atoms with Crippen LogP contribution in [0.15, 0.2) is 35.3 Å². The van der Waals surface area contributed by atoms with Gasteiger partial charge in [-0.3, -0.25) is 4.79 Å². The average molecular weight is 410 g/mol. The SMILES string of the molecule is CC.Cc1ccc(Nc2c(NS(=O)C3(CCO)CC3)cn(C)c(=O)c2F)cc1. The Morgan fingerprint density at radius 3 is 2.39 bits per heavy atom. The maximum Gasteiger partial charge on any atom is 0.288 e. The highest BCUT2D eigenvalue weighted by Gasteiger charge is 2.48. The number of anilines is 3. The number of aryl methyl sites for hydroxylation is 2. The van der Waals surface area contributed by atoms with Crippen molar-refractivity contribution in [2.45, 2.75) is 44.8 Å². The molecular formula is C20H28FN3O3S. The maximum atomic E-state index is 14.6. The minimum atomic E-state index is -1.50. The Morgan fingerprint density at radius 2 is 1.86 bits per heavy atom. The second kappa shape index (κ2) is 9.34. The van der Waals surface area contributed by atoms with Crippen molar-refractivity contribution in [2.24, 2.45) is 7.05 Å². The molecule has 0 bridgehead atoms. The van der Waals surface area contributed by atoms with Crippen LogP contribution in [-0.2, 0) is 18.0 Å². The van der Waals surface area contributed by atoms with Gasteiger partial charge in [0.1, 0.15) is 16.7 Å². The van der Waals surface area contributed by atoms with Crippen molar-refractivity contribution in [1.82, 2.24) is 4.57 Å². The third-order valence-corrected chi connectivity index (χ3v) is 6.42. The fraction of sp³-hybridized carbons (Fsp3) is 0.450. The summed E-state index contributed by atoms with van der Waals surface area (Å²) in [6.07, 6.45) is 3.32. The zero-order valence-corrected chi connectivity index (χ0v) is 17.5. The Kier molecular flexibility index (Phi) is 7.37. The number of pyridine rings is 1. The molecule has 1 atom stereocenters. The van der Waals surface area contributed by atoms with E-state index >= 15 is 0 Å². The van der Waals surface area contributed by atoms with Gasteiger partial charge in [0.25, 0.3) is 5.56 Å². The van der Waals surface area contributed by atoms with Crippen molar-refractivity contribution in [1.29, 1.82) is 0 Å². The first-order chi connectivity index (χ1) is 13.4. The van der Waals surface area contributed by atoms with Crippen molar-refractivity contribution < 1.29 is 13.7 Å². The lowest BCUT2D eigenvalue weighted by atomic mass is 10.2. The molecule has 6 nitrogen and oxygen atoms in total. The molecule has 1 heterocycles. The molecule has 1 saturated carbocycles. The first-order valence-corrected chi connectivity index (χ1v) is 10.5. The van der Waals surface area contributed by atoms with Crippen LogP contribution >= 0.6 is 0 Å². The lowest BCUT2D eigenvalue weighted by Gasteiger charge is -2.19. The highest BCUT2D eigenvalue weighted by Crippen LogP contribution is 2.45. The second-order valence-electron chi connectivity index (χ2n) is 6.67. The van der Waals surface area contributed by atoms with E-state index in [0.717, 1.165) is 23.0 Å². The van der Waals surface area contributed by atoms with Gasteiger partial charge < -0.3 is 19.7 Å². The molecule has 1 aromatic heterocycles. The number of aliphatic hydroxyl groups is 1. The maximum absolute atomic E-state index is 14.6. The number of aromatic nitrogens is 1. The fourth-order valence-corrected chi connectivity index (χ4v) is 4.08. The largest absolute Gasteiger partial charge is 0.396 e. The fourth-order valence-electron chi connectivity index (χ4n) is 2.76. The number of hydrogen-bond acceptors (Lipinski definition) is 4. The van der Waals surface area contributed by atoms with Crippen LogP contribution in [0.25, 0.3) is 0 Å². The van der Waals surface area contributed by atoms with E-state index in [1.807, 2.05) is 32.9 Å².